The van der Waals surface area contributed by atoms with Gasteiger partial charge in [0, 0.05) is 5.92 Å². The van der Waals surface area contributed by atoms with Gasteiger partial charge >= 0.3 is 0 Å². The average Bonchev–Trinajstić information content (AvgIpc) is 2.14. The minimum absolute atomic E-state index is 0.188. The van der Waals surface area contributed by atoms with Crippen LogP contribution in [0.15, 0.2) is 23.8 Å². The largest absolute Gasteiger partial charge is 0.294 e. The third-order valence-corrected chi connectivity index (χ3v) is 3.70. The first kappa shape index (κ1) is 9.70. The van der Waals surface area contributed by atoms with Gasteiger partial charge in [-0.2, -0.15) is 0 Å². The highest BCUT2D eigenvalue weighted by atomic mass is 16.1. The van der Waals surface area contributed by atoms with E-state index in [9.17, 15) is 4.79 Å². The molecule has 0 spiro atoms. The third kappa shape index (κ3) is 1.35. The van der Waals surface area contributed by atoms with Gasteiger partial charge < -0.3 is 0 Å². The summed E-state index contributed by atoms with van der Waals surface area (Å²) in [6.45, 7) is 6.46. The van der Waals surface area contributed by atoms with Gasteiger partial charge in [0.1, 0.15) is 0 Å². The van der Waals surface area contributed by atoms with Crippen LogP contribution >= 0.6 is 0 Å². The van der Waals surface area contributed by atoms with Gasteiger partial charge in [0.25, 0.3) is 0 Å². The van der Waals surface area contributed by atoms with Crippen molar-refractivity contribution in [2.75, 3.05) is 0 Å². The number of hydrogen-bond donors (Lipinski definition) is 0. The lowest BCUT2D eigenvalue weighted by atomic mass is 9.61. The molecule has 2 atom stereocenters. The zero-order valence-electron chi connectivity index (χ0n) is 9.21. The summed E-state index contributed by atoms with van der Waals surface area (Å²) in [5.41, 5.74) is 1.15. The third-order valence-electron chi connectivity index (χ3n) is 3.70. The highest BCUT2D eigenvalue weighted by Crippen LogP contribution is 2.45. The maximum absolute atomic E-state index is 11.9. The lowest BCUT2D eigenvalue weighted by Crippen LogP contribution is -2.39. The van der Waals surface area contributed by atoms with Gasteiger partial charge in [-0.05, 0) is 36.7 Å². The van der Waals surface area contributed by atoms with Crippen LogP contribution < -0.4 is 0 Å². The minimum atomic E-state index is 0.188. The Bertz CT molecular complexity index is 320. The molecule has 2 aliphatic rings. The van der Waals surface area contributed by atoms with Crippen molar-refractivity contribution < 1.29 is 4.79 Å². The predicted octanol–water partition coefficient (Wildman–Crippen LogP) is 3.12. The van der Waals surface area contributed by atoms with Crippen molar-refractivity contribution in [2.24, 2.45) is 17.3 Å². The van der Waals surface area contributed by atoms with E-state index in [-0.39, 0.29) is 11.3 Å². The van der Waals surface area contributed by atoms with E-state index >= 15 is 0 Å². The molecular weight excluding hydrogens is 172 g/mol. The molecule has 0 fully saturated rings. The van der Waals surface area contributed by atoms with Crippen LogP contribution in [0.2, 0.25) is 0 Å². The number of ketones is 1. The topological polar surface area (TPSA) is 17.1 Å². The Hall–Kier alpha value is -0.850. The maximum Gasteiger partial charge on any atom is 0.161 e. The Kier molecular flexibility index (Phi) is 2.13. The summed E-state index contributed by atoms with van der Waals surface area (Å²) in [4.78, 5) is 11.9. The molecule has 0 radical (unpaired) electrons. The fourth-order valence-electron chi connectivity index (χ4n) is 2.95. The Morgan fingerprint density at radius 1 is 1.29 bits per heavy atom. The lowest BCUT2D eigenvalue weighted by Gasteiger charge is -2.42. The molecule has 0 heterocycles. The van der Waals surface area contributed by atoms with Crippen molar-refractivity contribution in [3.63, 3.8) is 0 Å². The molecule has 2 rings (SSSR count). The fourth-order valence-corrected chi connectivity index (χ4v) is 2.95. The summed E-state index contributed by atoms with van der Waals surface area (Å²) in [6.07, 6.45) is 8.55. The van der Waals surface area contributed by atoms with Crippen molar-refractivity contribution in [2.45, 2.75) is 33.6 Å². The molecule has 0 N–H and O–H groups in total. The van der Waals surface area contributed by atoms with Gasteiger partial charge in [-0.1, -0.05) is 32.1 Å². The standard InChI is InChI=1S/C13H18O/c1-9-8-13(2,3)11-7-5-4-6-10(11)12(9)14/h4-5,8,10-11H,6-7H2,1-3H3/t10-,11+/m1/s1. The van der Waals surface area contributed by atoms with Crippen LogP contribution in [0, 0.1) is 17.3 Å². The Labute approximate surface area is 85.9 Å². The molecular formula is C13H18O. The number of allylic oxidation sites excluding steroid dienone is 4. The summed E-state index contributed by atoms with van der Waals surface area (Å²) in [6, 6.07) is 0. The molecule has 0 aromatic heterocycles. The van der Waals surface area contributed by atoms with Crippen LogP contribution in [-0.4, -0.2) is 5.78 Å². The number of hydrogen-bond acceptors (Lipinski definition) is 1. The van der Waals surface area contributed by atoms with Crippen molar-refractivity contribution in [3.05, 3.63) is 23.8 Å². The highest BCUT2D eigenvalue weighted by molar-refractivity contribution is 5.98. The molecule has 2 aliphatic carbocycles. The van der Waals surface area contributed by atoms with Gasteiger partial charge in [-0.3, -0.25) is 4.79 Å². The van der Waals surface area contributed by atoms with Crippen LogP contribution in [-0.2, 0) is 4.79 Å². The average molecular weight is 190 g/mol. The number of fused-ring (bicyclic) bond motifs is 1. The van der Waals surface area contributed by atoms with E-state index in [2.05, 4.69) is 32.1 Å². The molecule has 0 saturated heterocycles. The highest BCUT2D eigenvalue weighted by Gasteiger charge is 2.41. The molecule has 0 unspecified atom stereocenters. The molecule has 14 heavy (non-hydrogen) atoms. The second-order valence-electron chi connectivity index (χ2n) is 5.17. The number of Topliss-reactive ketones (excluding diaryl/α,β-unsaturated/α-hetero) is 1. The normalized spacial score (nSPS) is 35.1. The first-order chi connectivity index (χ1) is 6.52. The van der Waals surface area contributed by atoms with Gasteiger partial charge in [-0.15, -0.1) is 0 Å². The van der Waals surface area contributed by atoms with Crippen molar-refractivity contribution in [1.82, 2.24) is 0 Å². The summed E-state index contributed by atoms with van der Waals surface area (Å²) < 4.78 is 0. The van der Waals surface area contributed by atoms with E-state index in [1.54, 1.807) is 0 Å². The second-order valence-corrected chi connectivity index (χ2v) is 5.17. The van der Waals surface area contributed by atoms with Gasteiger partial charge in [-0.25, -0.2) is 0 Å². The molecule has 76 valence electrons. The number of rotatable bonds is 0. The Balaban J connectivity index is 2.41. The summed E-state index contributed by atoms with van der Waals surface area (Å²) in [5, 5.41) is 0. The minimum Gasteiger partial charge on any atom is -0.294 e. The second kappa shape index (κ2) is 3.08. The lowest BCUT2D eigenvalue weighted by molar-refractivity contribution is -0.123. The van der Waals surface area contributed by atoms with E-state index in [1.807, 2.05) is 6.92 Å². The zero-order chi connectivity index (χ0) is 10.3. The summed E-state index contributed by atoms with van der Waals surface area (Å²) in [5.74, 6) is 1.14. The van der Waals surface area contributed by atoms with E-state index < -0.39 is 0 Å². The van der Waals surface area contributed by atoms with E-state index in [4.69, 9.17) is 0 Å². The van der Waals surface area contributed by atoms with E-state index in [0.29, 0.717) is 11.7 Å². The molecule has 0 amide bonds. The van der Waals surface area contributed by atoms with Gasteiger partial charge in [0.15, 0.2) is 5.78 Å². The van der Waals surface area contributed by atoms with E-state index in [1.165, 1.54) is 0 Å². The molecule has 0 bridgehead atoms. The Morgan fingerprint density at radius 2 is 1.93 bits per heavy atom. The quantitative estimate of drug-likeness (QED) is 0.536. The molecule has 0 aromatic rings. The van der Waals surface area contributed by atoms with Crippen LogP contribution in [0.4, 0.5) is 0 Å². The fraction of sp³-hybridized carbons (Fsp3) is 0.615. The SMILES string of the molecule is CC1=CC(C)(C)[C@H]2CC=CC[C@H]2C1=O. The first-order valence-electron chi connectivity index (χ1n) is 5.41. The van der Waals surface area contributed by atoms with Crippen LogP contribution in [0.1, 0.15) is 33.6 Å². The molecule has 0 aliphatic heterocycles. The van der Waals surface area contributed by atoms with E-state index in [0.717, 1.165) is 18.4 Å². The smallest absolute Gasteiger partial charge is 0.161 e. The van der Waals surface area contributed by atoms with Gasteiger partial charge in [0.05, 0.1) is 0 Å². The van der Waals surface area contributed by atoms with Crippen LogP contribution in [0.5, 0.6) is 0 Å². The van der Waals surface area contributed by atoms with Gasteiger partial charge in [0.2, 0.25) is 0 Å². The molecule has 0 saturated carbocycles. The molecule has 1 heteroatoms. The maximum atomic E-state index is 11.9. The predicted molar refractivity (Wildman–Crippen MR) is 57.9 cm³/mol. The number of carbonyl (C=O) groups excluding carboxylic acids is 1. The van der Waals surface area contributed by atoms with Crippen LogP contribution in [0.3, 0.4) is 0 Å². The molecule has 1 nitrogen and oxygen atoms in total. The molecule has 0 aromatic carbocycles. The van der Waals surface area contributed by atoms with Crippen molar-refractivity contribution in [3.8, 4) is 0 Å². The summed E-state index contributed by atoms with van der Waals surface area (Å²) in [7, 11) is 0. The monoisotopic (exact) mass is 190 g/mol. The van der Waals surface area contributed by atoms with Crippen molar-refractivity contribution >= 4 is 5.78 Å². The zero-order valence-corrected chi connectivity index (χ0v) is 9.21. The van der Waals surface area contributed by atoms with Crippen molar-refractivity contribution in [1.29, 1.82) is 0 Å². The number of carbonyl (C=O) groups is 1. The first-order valence-corrected chi connectivity index (χ1v) is 5.41. The Morgan fingerprint density at radius 3 is 2.64 bits per heavy atom. The van der Waals surface area contributed by atoms with Crippen LogP contribution in [0.25, 0.3) is 0 Å². The summed E-state index contributed by atoms with van der Waals surface area (Å²) >= 11 is 0.